The van der Waals surface area contributed by atoms with Crippen molar-refractivity contribution in [3.05, 3.63) is 28.8 Å². The second-order valence-corrected chi connectivity index (χ2v) is 8.10. The van der Waals surface area contributed by atoms with E-state index in [2.05, 4.69) is 5.32 Å². The monoisotopic (exact) mass is 346 g/mol. The average Bonchev–Trinajstić information content (AvgIpc) is 2.38. The SMILES string of the molecule is Cc1ccc(Cl)cc1N([C@@H](C)C(=O)NCC(C)C)S(C)(=O)=O. The molecule has 0 aliphatic heterocycles. The highest BCUT2D eigenvalue weighted by atomic mass is 35.5. The van der Waals surface area contributed by atoms with Crippen LogP contribution >= 0.6 is 11.6 Å². The maximum atomic E-state index is 12.3. The second kappa shape index (κ2) is 7.33. The number of nitrogens with zero attached hydrogens (tertiary/aromatic N) is 1. The zero-order valence-electron chi connectivity index (χ0n) is 13.6. The van der Waals surface area contributed by atoms with Crippen molar-refractivity contribution in [1.82, 2.24) is 5.32 Å². The summed E-state index contributed by atoms with van der Waals surface area (Å²) in [6, 6.07) is 4.12. The molecule has 0 saturated heterocycles. The molecule has 1 atom stereocenters. The van der Waals surface area contributed by atoms with Gasteiger partial charge >= 0.3 is 0 Å². The van der Waals surface area contributed by atoms with Crippen LogP contribution in [0.3, 0.4) is 0 Å². The van der Waals surface area contributed by atoms with Crippen molar-refractivity contribution in [2.45, 2.75) is 33.7 Å². The fourth-order valence-corrected chi connectivity index (χ4v) is 3.44. The summed E-state index contributed by atoms with van der Waals surface area (Å²) in [5.41, 5.74) is 1.15. The fraction of sp³-hybridized carbons (Fsp3) is 0.533. The molecule has 0 aliphatic carbocycles. The molecule has 1 aromatic rings. The molecule has 5 nitrogen and oxygen atoms in total. The van der Waals surface area contributed by atoms with Gasteiger partial charge in [-0.2, -0.15) is 0 Å². The first-order valence-electron chi connectivity index (χ1n) is 7.07. The predicted octanol–water partition coefficient (Wildman–Crippen LogP) is 2.58. The van der Waals surface area contributed by atoms with Gasteiger partial charge in [0.2, 0.25) is 15.9 Å². The Morgan fingerprint density at radius 3 is 2.41 bits per heavy atom. The number of anilines is 1. The summed E-state index contributed by atoms with van der Waals surface area (Å²) in [5.74, 6) is -0.0470. The van der Waals surface area contributed by atoms with Gasteiger partial charge in [-0.25, -0.2) is 8.42 Å². The molecule has 0 radical (unpaired) electrons. The number of carbonyl (C=O) groups excluding carboxylic acids is 1. The van der Waals surface area contributed by atoms with Crippen LogP contribution in [-0.2, 0) is 14.8 Å². The lowest BCUT2D eigenvalue weighted by atomic mass is 10.1. The summed E-state index contributed by atoms with van der Waals surface area (Å²) in [7, 11) is -3.63. The maximum absolute atomic E-state index is 12.3. The molecule has 1 N–H and O–H groups in total. The summed E-state index contributed by atoms with van der Waals surface area (Å²) in [6.07, 6.45) is 1.08. The van der Waals surface area contributed by atoms with E-state index < -0.39 is 16.1 Å². The molecule has 0 heterocycles. The molecule has 0 spiro atoms. The Balaban J connectivity index is 3.19. The van der Waals surface area contributed by atoms with Crippen molar-refractivity contribution in [3.8, 4) is 0 Å². The van der Waals surface area contributed by atoms with E-state index in [9.17, 15) is 13.2 Å². The fourth-order valence-electron chi connectivity index (χ4n) is 2.05. The van der Waals surface area contributed by atoms with Gasteiger partial charge in [0.25, 0.3) is 0 Å². The van der Waals surface area contributed by atoms with Crippen LogP contribution in [0.25, 0.3) is 0 Å². The number of sulfonamides is 1. The molecule has 1 rings (SSSR count). The molecule has 0 aliphatic rings. The molecule has 1 amide bonds. The zero-order chi connectivity index (χ0) is 17.1. The van der Waals surface area contributed by atoms with Gasteiger partial charge in [0, 0.05) is 11.6 Å². The molecule has 0 saturated carbocycles. The van der Waals surface area contributed by atoms with E-state index in [1.54, 1.807) is 32.0 Å². The zero-order valence-corrected chi connectivity index (χ0v) is 15.1. The summed E-state index contributed by atoms with van der Waals surface area (Å²) >= 11 is 5.98. The van der Waals surface area contributed by atoms with Crippen molar-refractivity contribution >= 4 is 33.2 Å². The number of rotatable bonds is 6. The Labute approximate surface area is 137 Å². The van der Waals surface area contributed by atoms with E-state index in [1.807, 2.05) is 13.8 Å². The number of hydrogen-bond acceptors (Lipinski definition) is 3. The topological polar surface area (TPSA) is 66.5 Å². The Morgan fingerprint density at radius 2 is 1.91 bits per heavy atom. The lowest BCUT2D eigenvalue weighted by molar-refractivity contribution is -0.121. The van der Waals surface area contributed by atoms with Crippen LogP contribution in [-0.4, -0.2) is 33.2 Å². The number of amides is 1. The molecule has 0 unspecified atom stereocenters. The Hall–Kier alpha value is -1.27. The number of nitrogens with one attached hydrogen (secondary N) is 1. The minimum Gasteiger partial charge on any atom is -0.354 e. The van der Waals surface area contributed by atoms with Crippen LogP contribution in [0.2, 0.25) is 5.02 Å². The number of aryl methyl sites for hydroxylation is 1. The van der Waals surface area contributed by atoms with Gasteiger partial charge in [-0.15, -0.1) is 0 Å². The Bertz CT molecular complexity index is 644. The van der Waals surface area contributed by atoms with Gasteiger partial charge in [0.15, 0.2) is 0 Å². The highest BCUT2D eigenvalue weighted by molar-refractivity contribution is 7.92. The Kier molecular flexibility index (Phi) is 6.26. The van der Waals surface area contributed by atoms with Crippen LogP contribution in [0.15, 0.2) is 18.2 Å². The number of hydrogen-bond donors (Lipinski definition) is 1. The molecule has 7 heteroatoms. The van der Waals surface area contributed by atoms with E-state index in [0.717, 1.165) is 16.1 Å². The van der Waals surface area contributed by atoms with Crippen LogP contribution in [0.4, 0.5) is 5.69 Å². The molecule has 0 aromatic heterocycles. The van der Waals surface area contributed by atoms with Crippen molar-refractivity contribution in [1.29, 1.82) is 0 Å². The molecular formula is C15H23ClN2O3S. The quantitative estimate of drug-likeness (QED) is 0.860. The number of benzene rings is 1. The lowest BCUT2D eigenvalue weighted by Crippen LogP contribution is -2.48. The molecule has 22 heavy (non-hydrogen) atoms. The highest BCUT2D eigenvalue weighted by Crippen LogP contribution is 2.28. The Morgan fingerprint density at radius 1 is 1.32 bits per heavy atom. The molecule has 124 valence electrons. The molecule has 0 bridgehead atoms. The normalized spacial score (nSPS) is 13.0. The van der Waals surface area contributed by atoms with Gasteiger partial charge in [-0.3, -0.25) is 9.10 Å². The van der Waals surface area contributed by atoms with Gasteiger partial charge < -0.3 is 5.32 Å². The van der Waals surface area contributed by atoms with Crippen molar-refractivity contribution in [3.63, 3.8) is 0 Å². The summed E-state index contributed by atoms with van der Waals surface area (Å²) in [6.45, 7) is 7.79. The van der Waals surface area contributed by atoms with Crippen molar-refractivity contribution in [2.75, 3.05) is 17.1 Å². The smallest absolute Gasteiger partial charge is 0.243 e. The van der Waals surface area contributed by atoms with Crippen LogP contribution < -0.4 is 9.62 Å². The van der Waals surface area contributed by atoms with E-state index in [1.165, 1.54) is 0 Å². The molecule has 1 aromatic carbocycles. The largest absolute Gasteiger partial charge is 0.354 e. The van der Waals surface area contributed by atoms with Crippen LogP contribution in [0, 0.1) is 12.8 Å². The average molecular weight is 347 g/mol. The van der Waals surface area contributed by atoms with E-state index >= 15 is 0 Å². The second-order valence-electron chi connectivity index (χ2n) is 5.80. The van der Waals surface area contributed by atoms with Gasteiger partial charge in [0.05, 0.1) is 11.9 Å². The standard InChI is InChI=1S/C15H23ClN2O3S/c1-10(2)9-17-15(19)12(4)18(22(5,20)21)14-8-13(16)7-6-11(14)3/h6-8,10,12H,9H2,1-5H3,(H,17,19)/t12-/m0/s1. The van der Waals surface area contributed by atoms with Crippen LogP contribution in [0.1, 0.15) is 26.3 Å². The minimum absolute atomic E-state index is 0.288. The van der Waals surface area contributed by atoms with E-state index in [4.69, 9.17) is 11.6 Å². The minimum atomic E-state index is -3.63. The predicted molar refractivity (Wildman–Crippen MR) is 90.8 cm³/mol. The third-order valence-corrected chi connectivity index (χ3v) is 4.64. The number of halogens is 1. The summed E-state index contributed by atoms with van der Waals surface area (Å²) < 4.78 is 25.5. The van der Waals surface area contributed by atoms with Gasteiger partial charge in [-0.1, -0.05) is 31.5 Å². The molecular weight excluding hydrogens is 324 g/mol. The van der Waals surface area contributed by atoms with E-state index in [0.29, 0.717) is 17.3 Å². The van der Waals surface area contributed by atoms with Crippen LogP contribution in [0.5, 0.6) is 0 Å². The first kappa shape index (κ1) is 18.8. The molecule has 0 fully saturated rings. The van der Waals surface area contributed by atoms with Crippen molar-refractivity contribution in [2.24, 2.45) is 5.92 Å². The van der Waals surface area contributed by atoms with E-state index in [-0.39, 0.29) is 11.8 Å². The maximum Gasteiger partial charge on any atom is 0.243 e. The van der Waals surface area contributed by atoms with Gasteiger partial charge in [-0.05, 0) is 37.5 Å². The number of carbonyl (C=O) groups is 1. The first-order chi connectivity index (χ1) is 10.0. The summed E-state index contributed by atoms with van der Waals surface area (Å²) in [5, 5.41) is 3.18. The third kappa shape index (κ3) is 4.88. The first-order valence-corrected chi connectivity index (χ1v) is 9.30. The summed E-state index contributed by atoms with van der Waals surface area (Å²) in [4.78, 5) is 12.3. The third-order valence-electron chi connectivity index (χ3n) is 3.18. The highest BCUT2D eigenvalue weighted by Gasteiger charge is 2.30. The van der Waals surface area contributed by atoms with Gasteiger partial charge in [0.1, 0.15) is 6.04 Å². The lowest BCUT2D eigenvalue weighted by Gasteiger charge is -2.29. The van der Waals surface area contributed by atoms with Crippen molar-refractivity contribution < 1.29 is 13.2 Å².